The minimum Gasteiger partial charge on any atom is -0.496 e. The molecular weight excluding hydrogens is 340 g/mol. The molecule has 1 fully saturated rings. The number of hydrogen-bond donors (Lipinski definition) is 0. The first-order valence-corrected chi connectivity index (χ1v) is 8.63. The van der Waals surface area contributed by atoms with Crippen LogP contribution in [-0.4, -0.2) is 54.1 Å². The van der Waals surface area contributed by atoms with Crippen LogP contribution in [0.1, 0.15) is 22.6 Å². The Labute approximate surface area is 152 Å². The maximum absolute atomic E-state index is 12.9. The fraction of sp³-hybridized carbons (Fsp3) is 0.389. The molecule has 0 spiro atoms. The molecule has 1 aliphatic heterocycles. The molecule has 6 nitrogen and oxygen atoms in total. The number of aromatic nitrogens is 2. The normalized spacial score (nSPS) is 15.0. The van der Waals surface area contributed by atoms with Gasteiger partial charge in [-0.15, -0.1) is 0 Å². The Kier molecular flexibility index (Phi) is 5.38. The number of amides is 1. The number of carbonyl (C=O) groups is 1. The summed E-state index contributed by atoms with van der Waals surface area (Å²) < 4.78 is 5.31. The highest BCUT2D eigenvalue weighted by atomic mass is 35.5. The number of nitrogens with zero attached hydrogens (tertiary/aromatic N) is 4. The number of rotatable bonds is 3. The molecule has 0 bridgehead atoms. The first-order valence-electron chi connectivity index (χ1n) is 8.26. The van der Waals surface area contributed by atoms with Crippen molar-refractivity contribution in [2.45, 2.75) is 13.3 Å². The predicted molar refractivity (Wildman–Crippen MR) is 97.5 cm³/mol. The van der Waals surface area contributed by atoms with Gasteiger partial charge in [-0.3, -0.25) is 4.79 Å². The second-order valence-electron chi connectivity index (χ2n) is 5.94. The quantitative estimate of drug-likeness (QED) is 0.842. The van der Waals surface area contributed by atoms with E-state index in [0.29, 0.717) is 29.4 Å². The lowest BCUT2D eigenvalue weighted by Gasteiger charge is -2.23. The standard InChI is InChI=1S/C18H21ClN4O2/c1-13-20-7-6-17(21-13)22-8-3-9-23(11-10-22)18(24)15-12-14(19)4-5-16(15)25-2/h4-7,12H,3,8-11H2,1-2H3. The van der Waals surface area contributed by atoms with Crippen LogP contribution in [0.15, 0.2) is 30.5 Å². The first kappa shape index (κ1) is 17.5. The van der Waals surface area contributed by atoms with Crippen molar-refractivity contribution in [1.29, 1.82) is 0 Å². The molecule has 0 unspecified atom stereocenters. The van der Waals surface area contributed by atoms with E-state index in [1.54, 1.807) is 31.5 Å². The van der Waals surface area contributed by atoms with Crippen molar-refractivity contribution in [3.05, 3.63) is 46.9 Å². The van der Waals surface area contributed by atoms with Gasteiger partial charge >= 0.3 is 0 Å². The lowest BCUT2D eigenvalue weighted by atomic mass is 10.1. The molecule has 2 aromatic rings. The fourth-order valence-electron chi connectivity index (χ4n) is 2.99. The van der Waals surface area contributed by atoms with Crippen molar-refractivity contribution < 1.29 is 9.53 Å². The summed E-state index contributed by atoms with van der Waals surface area (Å²) in [4.78, 5) is 25.6. The second kappa shape index (κ2) is 7.70. The summed E-state index contributed by atoms with van der Waals surface area (Å²) in [6.07, 6.45) is 2.64. The number of benzene rings is 1. The van der Waals surface area contributed by atoms with Crippen LogP contribution in [0.4, 0.5) is 5.82 Å². The minimum atomic E-state index is -0.0555. The topological polar surface area (TPSA) is 58.6 Å². The van der Waals surface area contributed by atoms with Gasteiger partial charge in [-0.1, -0.05) is 11.6 Å². The van der Waals surface area contributed by atoms with Gasteiger partial charge in [-0.25, -0.2) is 9.97 Å². The van der Waals surface area contributed by atoms with E-state index in [4.69, 9.17) is 16.3 Å². The summed E-state index contributed by atoms with van der Waals surface area (Å²) in [6.45, 7) is 4.77. The molecule has 25 heavy (non-hydrogen) atoms. The Bertz CT molecular complexity index is 768. The number of hydrogen-bond acceptors (Lipinski definition) is 5. The van der Waals surface area contributed by atoms with Crippen molar-refractivity contribution >= 4 is 23.3 Å². The third-order valence-corrected chi connectivity index (χ3v) is 4.50. The van der Waals surface area contributed by atoms with Crippen LogP contribution in [-0.2, 0) is 0 Å². The van der Waals surface area contributed by atoms with Crippen molar-refractivity contribution in [1.82, 2.24) is 14.9 Å². The maximum Gasteiger partial charge on any atom is 0.257 e. The van der Waals surface area contributed by atoms with Gasteiger partial charge in [0.2, 0.25) is 0 Å². The molecule has 1 amide bonds. The smallest absolute Gasteiger partial charge is 0.257 e. The molecule has 0 aliphatic carbocycles. The Morgan fingerprint density at radius 1 is 1.20 bits per heavy atom. The number of halogens is 1. The van der Waals surface area contributed by atoms with Gasteiger partial charge in [0.1, 0.15) is 17.4 Å². The van der Waals surface area contributed by atoms with Crippen LogP contribution >= 0.6 is 11.6 Å². The summed E-state index contributed by atoms with van der Waals surface area (Å²) in [5.41, 5.74) is 0.501. The summed E-state index contributed by atoms with van der Waals surface area (Å²) in [5.74, 6) is 2.14. The van der Waals surface area contributed by atoms with Crippen molar-refractivity contribution in [3.63, 3.8) is 0 Å². The van der Waals surface area contributed by atoms with Gasteiger partial charge in [-0.05, 0) is 37.6 Å². The molecule has 1 saturated heterocycles. The number of anilines is 1. The largest absolute Gasteiger partial charge is 0.496 e. The van der Waals surface area contributed by atoms with E-state index in [0.717, 1.165) is 31.2 Å². The van der Waals surface area contributed by atoms with Crippen LogP contribution in [0.2, 0.25) is 5.02 Å². The first-order chi connectivity index (χ1) is 12.1. The van der Waals surface area contributed by atoms with Crippen molar-refractivity contribution in [3.8, 4) is 5.75 Å². The Morgan fingerprint density at radius 3 is 2.80 bits per heavy atom. The molecule has 7 heteroatoms. The molecule has 0 saturated carbocycles. The Hall–Kier alpha value is -2.34. The summed E-state index contributed by atoms with van der Waals surface area (Å²) >= 11 is 6.06. The Balaban J connectivity index is 1.75. The lowest BCUT2D eigenvalue weighted by molar-refractivity contribution is 0.0763. The van der Waals surface area contributed by atoms with Gasteiger partial charge in [0.05, 0.1) is 12.7 Å². The zero-order valence-electron chi connectivity index (χ0n) is 14.4. The van der Waals surface area contributed by atoms with Crippen molar-refractivity contribution in [2.75, 3.05) is 38.2 Å². The third kappa shape index (κ3) is 4.02. The molecule has 0 N–H and O–H groups in total. The molecule has 132 valence electrons. The maximum atomic E-state index is 12.9. The molecule has 2 heterocycles. The van der Waals surface area contributed by atoms with Crippen molar-refractivity contribution in [2.24, 2.45) is 0 Å². The number of carbonyl (C=O) groups excluding carboxylic acids is 1. The van der Waals surface area contributed by atoms with Crippen LogP contribution < -0.4 is 9.64 Å². The SMILES string of the molecule is COc1ccc(Cl)cc1C(=O)N1CCCN(c2ccnc(C)n2)CC1. The molecule has 0 radical (unpaired) electrons. The Morgan fingerprint density at radius 2 is 2.04 bits per heavy atom. The van der Waals surface area contributed by atoms with Gasteiger partial charge in [0.25, 0.3) is 5.91 Å². The van der Waals surface area contributed by atoms with Crippen LogP contribution in [0.3, 0.4) is 0 Å². The summed E-state index contributed by atoms with van der Waals surface area (Å²) in [6, 6.07) is 7.02. The van der Waals surface area contributed by atoms with E-state index in [2.05, 4.69) is 14.9 Å². The number of methoxy groups -OCH3 is 1. The van der Waals surface area contributed by atoms with E-state index in [1.165, 1.54) is 0 Å². The zero-order valence-corrected chi connectivity index (χ0v) is 15.2. The van der Waals surface area contributed by atoms with Gasteiger partial charge in [-0.2, -0.15) is 0 Å². The van der Waals surface area contributed by atoms with Crippen LogP contribution in [0.25, 0.3) is 0 Å². The number of aryl methyl sites for hydroxylation is 1. The highest BCUT2D eigenvalue weighted by molar-refractivity contribution is 6.31. The lowest BCUT2D eigenvalue weighted by Crippen LogP contribution is -2.35. The van der Waals surface area contributed by atoms with E-state index < -0.39 is 0 Å². The van der Waals surface area contributed by atoms with Gasteiger partial charge in [0, 0.05) is 37.4 Å². The molecule has 1 aliphatic rings. The van der Waals surface area contributed by atoms with E-state index in [-0.39, 0.29) is 5.91 Å². The molecule has 3 rings (SSSR count). The van der Waals surface area contributed by atoms with Crippen LogP contribution in [0, 0.1) is 6.92 Å². The van der Waals surface area contributed by atoms with Gasteiger partial charge in [0.15, 0.2) is 0 Å². The van der Waals surface area contributed by atoms with E-state index >= 15 is 0 Å². The summed E-state index contributed by atoms with van der Waals surface area (Å²) in [7, 11) is 1.56. The fourth-order valence-corrected chi connectivity index (χ4v) is 3.16. The van der Waals surface area contributed by atoms with E-state index in [9.17, 15) is 4.79 Å². The zero-order chi connectivity index (χ0) is 17.8. The van der Waals surface area contributed by atoms with E-state index in [1.807, 2.05) is 17.9 Å². The summed E-state index contributed by atoms with van der Waals surface area (Å²) in [5, 5.41) is 0.525. The van der Waals surface area contributed by atoms with Gasteiger partial charge < -0.3 is 14.5 Å². The molecular formula is C18H21ClN4O2. The third-order valence-electron chi connectivity index (χ3n) is 4.26. The monoisotopic (exact) mass is 360 g/mol. The highest BCUT2D eigenvalue weighted by Crippen LogP contribution is 2.25. The predicted octanol–water partition coefficient (Wildman–Crippen LogP) is 2.80. The van der Waals surface area contributed by atoms with Crippen LogP contribution in [0.5, 0.6) is 5.75 Å². The average molecular weight is 361 g/mol. The minimum absolute atomic E-state index is 0.0555. The highest BCUT2D eigenvalue weighted by Gasteiger charge is 2.23. The molecule has 1 aromatic carbocycles. The second-order valence-corrected chi connectivity index (χ2v) is 6.38. The molecule has 0 atom stereocenters. The molecule has 1 aromatic heterocycles. The number of ether oxygens (including phenoxy) is 1. The average Bonchev–Trinajstić information content (AvgIpc) is 2.87.